The van der Waals surface area contributed by atoms with Crippen LogP contribution in [0.3, 0.4) is 0 Å². The summed E-state index contributed by atoms with van der Waals surface area (Å²) < 4.78 is 56.6. The maximum Gasteiger partial charge on any atom is 0.395 e. The van der Waals surface area contributed by atoms with E-state index in [9.17, 15) is 27.2 Å². The number of hydrogen-bond donors (Lipinski definition) is 2. The Morgan fingerprint density at radius 3 is 2.33 bits per heavy atom. The second kappa shape index (κ2) is 12.5. The Bertz CT molecular complexity index is 1160. The van der Waals surface area contributed by atoms with E-state index in [0.717, 1.165) is 0 Å². The van der Waals surface area contributed by atoms with Crippen LogP contribution in [-0.4, -0.2) is 60.9 Å². The van der Waals surface area contributed by atoms with E-state index in [1.54, 1.807) is 32.0 Å². The molecule has 0 saturated heterocycles. The first-order valence-electron chi connectivity index (χ1n) is 12.3. The topological polar surface area (TPSA) is 74.3 Å². The molecular weight excluding hydrogens is 782 g/mol. The molecule has 1 aromatic carbocycles. The molecule has 1 aromatic heterocycles. The van der Waals surface area contributed by atoms with Crippen LogP contribution in [0.4, 0.5) is 17.6 Å². The number of aryl methyl sites for hydroxylation is 1. The van der Waals surface area contributed by atoms with Gasteiger partial charge in [0.05, 0.1) is 16.4 Å². The number of hydrogen-bond acceptors (Lipinski definition) is 5. The van der Waals surface area contributed by atoms with Crippen molar-refractivity contribution >= 4 is 23.6 Å². The number of aromatic nitrogens is 1. The average Bonchev–Trinajstić information content (AvgIpc) is 3.67. The van der Waals surface area contributed by atoms with E-state index >= 15 is 0 Å². The SMILES string of the molecule is CNC(=O)c1ccc(CS[C@@H](CNC(=O)C[C@H](c2ccc(C)nc2)C2(C(F)(F)F)CC2)N(C)C)c(C)c1F.[Lr]. The predicted molar refractivity (Wildman–Crippen MR) is 140 cm³/mol. The van der Waals surface area contributed by atoms with Crippen molar-refractivity contribution in [2.24, 2.45) is 5.41 Å². The van der Waals surface area contributed by atoms with E-state index in [0.29, 0.717) is 28.1 Å². The van der Waals surface area contributed by atoms with Crippen molar-refractivity contribution in [3.63, 3.8) is 0 Å². The molecule has 2 N–H and O–H groups in total. The summed E-state index contributed by atoms with van der Waals surface area (Å²) in [5.41, 5.74) is 0.262. The molecule has 0 aliphatic heterocycles. The van der Waals surface area contributed by atoms with Crippen molar-refractivity contribution in [1.29, 1.82) is 0 Å². The standard InChI is InChI=1S/C27H34F4N4O2S.Lr/c1-16-6-7-18(13-33-16)21(26(10-11-26)27(29,30)31)12-22(36)34-14-23(35(4)5)38-15-19-8-9-20(25(37)32-3)24(28)17(19)2;/h6-9,13,21,23H,10-12,14-15H2,1-5H3,(H,32,37)(H,34,36);/t21-,23+;/m1./s1. The Hall–Kier alpha value is -3.66. The summed E-state index contributed by atoms with van der Waals surface area (Å²) >= 11 is 1.46. The van der Waals surface area contributed by atoms with E-state index in [1.165, 1.54) is 31.1 Å². The van der Waals surface area contributed by atoms with Gasteiger partial charge in [-0.05, 0) is 69.6 Å². The van der Waals surface area contributed by atoms with Crippen LogP contribution in [-0.2, 0) is 10.5 Å². The van der Waals surface area contributed by atoms with E-state index in [4.69, 9.17) is 0 Å². The third kappa shape index (κ3) is 7.06. The van der Waals surface area contributed by atoms with Crippen LogP contribution < -0.4 is 10.6 Å². The van der Waals surface area contributed by atoms with Crippen LogP contribution >= 0.6 is 11.8 Å². The number of pyridine rings is 1. The first-order valence-corrected chi connectivity index (χ1v) is 13.4. The zero-order valence-electron chi connectivity index (χ0n) is 22.5. The number of thioether (sulfide) groups is 1. The minimum absolute atomic E-state index is 0. The van der Waals surface area contributed by atoms with Crippen molar-refractivity contribution in [2.75, 3.05) is 27.7 Å². The van der Waals surface area contributed by atoms with Crippen molar-refractivity contribution in [3.05, 3.63) is 64.2 Å². The fourth-order valence-electron chi connectivity index (χ4n) is 4.51. The van der Waals surface area contributed by atoms with Crippen LogP contribution in [0.15, 0.2) is 30.5 Å². The van der Waals surface area contributed by atoms with Gasteiger partial charge in [0.25, 0.3) is 5.91 Å². The largest absolute Gasteiger partial charge is 0.395 e. The van der Waals surface area contributed by atoms with Gasteiger partial charge < -0.3 is 10.6 Å². The van der Waals surface area contributed by atoms with Gasteiger partial charge in [-0.25, -0.2) is 4.39 Å². The summed E-state index contributed by atoms with van der Waals surface area (Å²) in [6.07, 6.45) is -3.28. The molecule has 0 bridgehead atoms. The first kappa shape index (κ1) is 31.6. The average molecular weight is 817 g/mol. The second-order valence-electron chi connectivity index (χ2n) is 9.97. The number of nitrogens with zero attached hydrogens (tertiary/aromatic N) is 2. The summed E-state index contributed by atoms with van der Waals surface area (Å²) in [7, 11) is 5.09. The van der Waals surface area contributed by atoms with Gasteiger partial charge >= 0.3 is 6.18 Å². The number of amides is 2. The number of carbonyl (C=O) groups excluding carboxylic acids is 2. The van der Waals surface area contributed by atoms with Gasteiger partial charge in [-0.1, -0.05) is 12.1 Å². The smallest absolute Gasteiger partial charge is 0.355 e. The molecule has 39 heavy (non-hydrogen) atoms. The Morgan fingerprint density at radius 1 is 1.15 bits per heavy atom. The molecular formula is C27H34F4LrN4O2S. The molecule has 1 aliphatic rings. The Morgan fingerprint density at radius 2 is 1.82 bits per heavy atom. The van der Waals surface area contributed by atoms with Gasteiger partial charge in [0.1, 0.15) is 5.82 Å². The van der Waals surface area contributed by atoms with E-state index < -0.39 is 35.1 Å². The van der Waals surface area contributed by atoms with Crippen LogP contribution in [0, 0.1) is 25.1 Å². The molecule has 0 spiro atoms. The first-order chi connectivity index (χ1) is 17.8. The van der Waals surface area contributed by atoms with Gasteiger partial charge in [0.15, 0.2) is 0 Å². The number of nitrogens with one attached hydrogen (secondary N) is 2. The molecule has 2 aromatic rings. The molecule has 1 aliphatic carbocycles. The maximum atomic E-state index is 14.7. The third-order valence-electron chi connectivity index (χ3n) is 7.20. The van der Waals surface area contributed by atoms with Crippen molar-refractivity contribution in [1.82, 2.24) is 20.5 Å². The number of likely N-dealkylation sites (N-methyl/N-ethyl adjacent to an activating group) is 1. The molecule has 0 unspecified atom stereocenters. The van der Waals surface area contributed by atoms with Gasteiger partial charge in [0.2, 0.25) is 5.91 Å². The molecule has 223 valence electrons. The van der Waals surface area contributed by atoms with E-state index in [2.05, 4.69) is 15.6 Å². The maximum absolute atomic E-state index is 14.7. The summed E-state index contributed by atoms with van der Waals surface area (Å²) in [6, 6.07) is 6.44. The van der Waals surface area contributed by atoms with Gasteiger partial charge in [-0.2, -0.15) is 13.2 Å². The summed E-state index contributed by atoms with van der Waals surface area (Å²) in [5, 5.41) is 5.01. The summed E-state index contributed by atoms with van der Waals surface area (Å²) in [5.74, 6) is -2.13. The Kier molecular flexibility index (Phi) is 10.1. The quantitative estimate of drug-likeness (QED) is 0.249. The second-order valence-corrected chi connectivity index (χ2v) is 11.1. The number of halogens is 4. The minimum atomic E-state index is -4.41. The van der Waals surface area contributed by atoms with E-state index in [1.807, 2.05) is 19.0 Å². The molecule has 1 saturated carbocycles. The zero-order valence-corrected chi connectivity index (χ0v) is 25.4. The Labute approximate surface area is 225 Å². The third-order valence-corrected chi connectivity index (χ3v) is 8.65. The molecule has 3 rings (SSSR count). The number of carbonyl (C=O) groups is 2. The molecule has 12 heteroatoms. The van der Waals surface area contributed by atoms with Crippen molar-refractivity contribution < 1.29 is 27.2 Å². The molecule has 1 radical (unpaired) electrons. The Balaban J connectivity index is 0.00000533. The fourth-order valence-corrected chi connectivity index (χ4v) is 5.69. The van der Waals surface area contributed by atoms with Gasteiger partial charge in [0, 0.05) is 43.6 Å². The summed E-state index contributed by atoms with van der Waals surface area (Å²) in [4.78, 5) is 30.8. The summed E-state index contributed by atoms with van der Waals surface area (Å²) in [6.45, 7) is 3.57. The molecule has 6 nitrogen and oxygen atoms in total. The zero-order chi connectivity index (χ0) is 28.3. The fraction of sp³-hybridized carbons (Fsp3) is 0.519. The minimum Gasteiger partial charge on any atom is -0.355 e. The van der Waals surface area contributed by atoms with E-state index in [-0.39, 0.29) is 36.7 Å². The van der Waals surface area contributed by atoms with Crippen LogP contribution in [0.1, 0.15) is 57.9 Å². The molecule has 2 atom stereocenters. The molecule has 2 amide bonds. The molecule has 1 fully saturated rings. The van der Waals surface area contributed by atoms with Gasteiger partial charge in [-0.15, -0.1) is 11.8 Å². The van der Waals surface area contributed by atoms with Crippen LogP contribution in [0.25, 0.3) is 0 Å². The van der Waals surface area contributed by atoms with Crippen LogP contribution in [0.5, 0.6) is 0 Å². The normalized spacial score (nSPS) is 15.7. The number of benzene rings is 1. The number of rotatable bonds is 11. The molecule has 1 heterocycles. The van der Waals surface area contributed by atoms with Crippen molar-refractivity contribution in [3.8, 4) is 0 Å². The number of alkyl halides is 3. The predicted octanol–water partition coefficient (Wildman–Crippen LogP) is 4.95. The van der Waals surface area contributed by atoms with Crippen LogP contribution in [0.2, 0.25) is 0 Å². The van der Waals surface area contributed by atoms with Gasteiger partial charge in [-0.3, -0.25) is 19.5 Å². The van der Waals surface area contributed by atoms with Crippen molar-refractivity contribution in [2.45, 2.75) is 56.3 Å². The monoisotopic (exact) mass is 816 g/mol.